The zero-order valence-corrected chi connectivity index (χ0v) is 27.2. The molecule has 7 nitrogen and oxygen atoms in total. The lowest BCUT2D eigenvalue weighted by Crippen LogP contribution is -2.55. The average Bonchev–Trinajstić information content (AvgIpc) is 2.91. The van der Waals surface area contributed by atoms with Crippen LogP contribution in [0.4, 0.5) is 0 Å². The molecule has 0 aliphatic carbocycles. The Labute approximate surface area is 252 Å². The van der Waals surface area contributed by atoms with Crippen molar-refractivity contribution in [3.8, 4) is 0 Å². The van der Waals surface area contributed by atoms with Crippen LogP contribution < -0.4 is 5.11 Å². The number of allylic oxidation sites excluding steroid dienone is 2. The first-order valence-electron chi connectivity index (χ1n) is 16.8. The molecule has 0 fully saturated rings. The number of carboxylic acid groups (broad SMARTS) is 1. The fourth-order valence-electron chi connectivity index (χ4n) is 4.95. The van der Waals surface area contributed by atoms with E-state index in [9.17, 15) is 19.8 Å². The zero-order valence-electron chi connectivity index (χ0n) is 27.2. The molecule has 0 saturated carbocycles. The summed E-state index contributed by atoms with van der Waals surface area (Å²) >= 11 is 0. The van der Waals surface area contributed by atoms with Crippen molar-refractivity contribution in [3.63, 3.8) is 0 Å². The first kappa shape index (κ1) is 39.6. The smallest absolute Gasteiger partial charge is 0.305 e. The molecule has 0 aliphatic rings. The Kier molecular flexibility index (Phi) is 26.4. The van der Waals surface area contributed by atoms with Gasteiger partial charge in [0.05, 0.1) is 40.3 Å². The van der Waals surface area contributed by atoms with Crippen molar-refractivity contribution >= 4 is 11.9 Å². The Hall–Kier alpha value is -1.44. The monoisotopic (exact) mass is 583 g/mol. The Bertz CT molecular complexity index is 646. The normalized spacial score (nSPS) is 13.5. The number of carbonyl (C=O) groups is 2. The number of quaternary nitrogens is 1. The van der Waals surface area contributed by atoms with E-state index in [0.717, 1.165) is 19.3 Å². The minimum Gasteiger partial charge on any atom is -0.544 e. The van der Waals surface area contributed by atoms with Crippen LogP contribution in [0.3, 0.4) is 0 Å². The van der Waals surface area contributed by atoms with Crippen LogP contribution >= 0.6 is 0 Å². The number of hydrogen-bond donors (Lipinski definition) is 1. The SMILES string of the molecule is CCCCCCCCCCCC/C=C/CCCCCCCCCC(=O)OCC(O)COCCC(C(=O)[O-])[N+](C)(C)C. The number of rotatable bonds is 30. The number of aliphatic hydroxyl groups excluding tert-OH is 1. The summed E-state index contributed by atoms with van der Waals surface area (Å²) in [5.41, 5.74) is 0. The summed E-state index contributed by atoms with van der Waals surface area (Å²) in [5, 5.41) is 21.2. The van der Waals surface area contributed by atoms with Crippen LogP contribution in [-0.4, -0.2) is 74.6 Å². The number of unbranched alkanes of at least 4 members (excludes halogenated alkanes) is 17. The first-order valence-corrected chi connectivity index (χ1v) is 16.8. The van der Waals surface area contributed by atoms with Crippen LogP contribution in [0.5, 0.6) is 0 Å². The van der Waals surface area contributed by atoms with Crippen LogP contribution in [0.1, 0.15) is 142 Å². The number of likely N-dealkylation sites (N-methyl/N-ethyl adjacent to an activating group) is 1. The molecule has 2 atom stereocenters. The van der Waals surface area contributed by atoms with E-state index in [1.807, 2.05) is 0 Å². The fourth-order valence-corrected chi connectivity index (χ4v) is 4.95. The van der Waals surface area contributed by atoms with Gasteiger partial charge < -0.3 is 29.0 Å². The summed E-state index contributed by atoms with van der Waals surface area (Å²) in [6.07, 6.45) is 28.8. The van der Waals surface area contributed by atoms with Crippen LogP contribution in [0.2, 0.25) is 0 Å². The van der Waals surface area contributed by atoms with Gasteiger partial charge in [0.2, 0.25) is 0 Å². The maximum atomic E-state index is 11.9. The van der Waals surface area contributed by atoms with Crippen molar-refractivity contribution in [1.82, 2.24) is 0 Å². The maximum absolute atomic E-state index is 11.9. The summed E-state index contributed by atoms with van der Waals surface area (Å²) in [7, 11) is 5.36. The van der Waals surface area contributed by atoms with Gasteiger partial charge in [-0.3, -0.25) is 4.79 Å². The lowest BCUT2D eigenvalue weighted by Gasteiger charge is -2.34. The molecule has 0 aromatic rings. The number of aliphatic hydroxyl groups is 1. The highest BCUT2D eigenvalue weighted by Gasteiger charge is 2.24. The second-order valence-electron chi connectivity index (χ2n) is 12.6. The third-order valence-electron chi connectivity index (χ3n) is 7.63. The van der Waals surface area contributed by atoms with Crippen LogP contribution in [0.25, 0.3) is 0 Å². The van der Waals surface area contributed by atoms with E-state index in [4.69, 9.17) is 9.47 Å². The summed E-state index contributed by atoms with van der Waals surface area (Å²) < 4.78 is 10.7. The first-order chi connectivity index (χ1) is 19.7. The van der Waals surface area contributed by atoms with Gasteiger partial charge in [0.25, 0.3) is 0 Å². The molecule has 1 N–H and O–H groups in total. The van der Waals surface area contributed by atoms with Crippen molar-refractivity contribution in [1.29, 1.82) is 0 Å². The molecule has 41 heavy (non-hydrogen) atoms. The number of aliphatic carboxylic acids is 1. The van der Waals surface area contributed by atoms with Crippen molar-refractivity contribution < 1.29 is 33.8 Å². The quantitative estimate of drug-likeness (QED) is 0.0449. The number of ether oxygens (including phenoxy) is 2. The van der Waals surface area contributed by atoms with Gasteiger partial charge in [-0.15, -0.1) is 0 Å². The molecule has 0 radical (unpaired) electrons. The minimum atomic E-state index is -1.12. The van der Waals surface area contributed by atoms with Crippen molar-refractivity contribution in [2.45, 2.75) is 154 Å². The summed E-state index contributed by atoms with van der Waals surface area (Å²) in [6.45, 7) is 2.36. The lowest BCUT2D eigenvalue weighted by atomic mass is 10.1. The van der Waals surface area contributed by atoms with Gasteiger partial charge in [-0.25, -0.2) is 0 Å². The van der Waals surface area contributed by atoms with Crippen molar-refractivity contribution in [2.24, 2.45) is 0 Å². The van der Waals surface area contributed by atoms with E-state index >= 15 is 0 Å². The van der Waals surface area contributed by atoms with E-state index in [1.165, 1.54) is 103 Å². The van der Waals surface area contributed by atoms with Gasteiger partial charge in [0, 0.05) is 12.8 Å². The predicted octanol–water partition coefficient (Wildman–Crippen LogP) is 6.50. The largest absolute Gasteiger partial charge is 0.544 e. The lowest BCUT2D eigenvalue weighted by molar-refractivity contribution is -0.889. The Balaban J connectivity index is 3.46. The number of nitrogens with zero attached hydrogens (tertiary/aromatic N) is 1. The third kappa shape index (κ3) is 27.2. The molecule has 0 rings (SSSR count). The van der Waals surface area contributed by atoms with Gasteiger partial charge in [0.15, 0.2) is 0 Å². The molecular weight excluding hydrogens is 518 g/mol. The molecule has 0 saturated heterocycles. The minimum absolute atomic E-state index is 0.000656. The third-order valence-corrected chi connectivity index (χ3v) is 7.63. The van der Waals surface area contributed by atoms with Gasteiger partial charge in [-0.05, 0) is 32.1 Å². The second-order valence-corrected chi connectivity index (χ2v) is 12.6. The van der Waals surface area contributed by atoms with Crippen molar-refractivity contribution in [3.05, 3.63) is 12.2 Å². The van der Waals surface area contributed by atoms with E-state index in [1.54, 1.807) is 21.1 Å². The highest BCUT2D eigenvalue weighted by atomic mass is 16.5. The molecule has 0 aromatic heterocycles. The molecule has 242 valence electrons. The molecule has 0 aliphatic heterocycles. The van der Waals surface area contributed by atoms with Gasteiger partial charge in [-0.1, -0.05) is 109 Å². The number of hydrogen-bond acceptors (Lipinski definition) is 6. The Morgan fingerprint density at radius 1 is 0.732 bits per heavy atom. The summed E-state index contributed by atoms with van der Waals surface area (Å²) in [5.74, 6) is -1.41. The molecular formula is C34H65NO6. The Morgan fingerprint density at radius 3 is 1.66 bits per heavy atom. The molecule has 0 spiro atoms. The number of esters is 1. The van der Waals surface area contributed by atoms with E-state index in [-0.39, 0.29) is 36.7 Å². The zero-order chi connectivity index (χ0) is 30.6. The molecule has 0 heterocycles. The molecule has 7 heteroatoms. The standard InChI is InChI=1S/C34H65NO6/c1-5-6-7-8-9-10-11-12-13-14-15-16-17-18-19-20-21-22-23-24-25-26-33(37)41-30-31(36)29-40-28-27-32(34(38)39)35(2,3)4/h16-17,31-32,36H,5-15,18-30H2,1-4H3/b17-16+. The maximum Gasteiger partial charge on any atom is 0.305 e. The molecule has 0 bridgehead atoms. The molecule has 2 unspecified atom stereocenters. The van der Waals surface area contributed by atoms with Gasteiger partial charge in [0.1, 0.15) is 18.8 Å². The van der Waals surface area contributed by atoms with Crippen LogP contribution in [0.15, 0.2) is 12.2 Å². The van der Waals surface area contributed by atoms with E-state index in [2.05, 4.69) is 19.1 Å². The summed E-state index contributed by atoms with van der Waals surface area (Å²) in [4.78, 5) is 23.1. The van der Waals surface area contributed by atoms with E-state index < -0.39 is 18.1 Å². The molecule has 0 amide bonds. The Morgan fingerprint density at radius 2 is 1.20 bits per heavy atom. The highest BCUT2D eigenvalue weighted by molar-refractivity contribution is 5.69. The topological polar surface area (TPSA) is 95.9 Å². The van der Waals surface area contributed by atoms with Crippen molar-refractivity contribution in [2.75, 3.05) is 41.0 Å². The molecule has 0 aromatic carbocycles. The fraction of sp³-hybridized carbons (Fsp3) is 0.882. The average molecular weight is 584 g/mol. The van der Waals surface area contributed by atoms with E-state index in [0.29, 0.717) is 6.42 Å². The van der Waals surface area contributed by atoms with Gasteiger partial charge in [-0.2, -0.15) is 0 Å². The highest BCUT2D eigenvalue weighted by Crippen LogP contribution is 2.13. The second kappa shape index (κ2) is 27.4. The van der Waals surface area contributed by atoms with Crippen LogP contribution in [-0.2, 0) is 19.1 Å². The number of carboxylic acids is 1. The number of carbonyl (C=O) groups excluding carboxylic acids is 2. The summed E-state index contributed by atoms with van der Waals surface area (Å²) in [6, 6.07) is -0.684. The predicted molar refractivity (Wildman–Crippen MR) is 166 cm³/mol. The van der Waals surface area contributed by atoms with Crippen LogP contribution in [0, 0.1) is 0 Å². The van der Waals surface area contributed by atoms with Gasteiger partial charge >= 0.3 is 5.97 Å².